The van der Waals surface area contributed by atoms with Gasteiger partial charge in [0.25, 0.3) is 0 Å². The second-order valence-corrected chi connectivity index (χ2v) is 5.42. The van der Waals surface area contributed by atoms with Crippen molar-refractivity contribution in [3.05, 3.63) is 47.2 Å². The molecule has 1 aromatic rings. The quantitative estimate of drug-likeness (QED) is 0.402. The fourth-order valence-electron chi connectivity index (χ4n) is 2.15. The van der Waals surface area contributed by atoms with Gasteiger partial charge in [-0.25, -0.2) is 4.79 Å². The van der Waals surface area contributed by atoms with E-state index in [0.29, 0.717) is 0 Å². The molecule has 1 aliphatic heterocycles. The number of rotatable bonds is 3. The van der Waals surface area contributed by atoms with Crippen molar-refractivity contribution in [1.29, 1.82) is 0 Å². The van der Waals surface area contributed by atoms with E-state index in [1.54, 1.807) is 13.0 Å². The average Bonchev–Trinajstić information content (AvgIpc) is 2.44. The molecule has 0 amide bonds. The minimum atomic E-state index is -0.770. The molecular weight excluding hydrogens is 282 g/mol. The van der Waals surface area contributed by atoms with Crippen LogP contribution < -0.4 is 4.90 Å². The standard InChI is InChI=1S/C17H19NO4/c1-11-10-15(20)16(17(21)22-11)14(19)9-6-12-4-7-13(8-5-12)18(2)3/h4-9,11,19H,10H2,1-3H3/b9-6+,16-14?. The molecule has 0 radical (unpaired) electrons. The molecule has 0 spiro atoms. The first-order valence-corrected chi connectivity index (χ1v) is 7.01. The number of carbonyl (C=O) groups excluding carboxylic acids is 2. The minimum absolute atomic E-state index is 0.0938. The molecule has 22 heavy (non-hydrogen) atoms. The van der Waals surface area contributed by atoms with Crippen LogP contribution in [-0.4, -0.2) is 37.1 Å². The van der Waals surface area contributed by atoms with Crippen LogP contribution in [0.5, 0.6) is 0 Å². The van der Waals surface area contributed by atoms with Crippen LogP contribution in [0.3, 0.4) is 0 Å². The number of carbonyl (C=O) groups is 2. The highest BCUT2D eigenvalue weighted by Crippen LogP contribution is 2.20. The Hall–Kier alpha value is -2.56. The summed E-state index contributed by atoms with van der Waals surface area (Å²) in [5, 5.41) is 9.97. The molecule has 2 rings (SSSR count). The van der Waals surface area contributed by atoms with Crippen LogP contribution in [0.25, 0.3) is 6.08 Å². The number of cyclic esters (lactones) is 1. The number of Topliss-reactive ketones (excluding diaryl/α,β-unsaturated/α-hetero) is 1. The number of hydrogen-bond donors (Lipinski definition) is 1. The number of allylic oxidation sites excluding steroid dienone is 1. The van der Waals surface area contributed by atoms with Crippen molar-refractivity contribution < 1.29 is 19.4 Å². The van der Waals surface area contributed by atoms with Gasteiger partial charge in [0.2, 0.25) is 0 Å². The van der Waals surface area contributed by atoms with Crippen LogP contribution in [0.1, 0.15) is 18.9 Å². The SMILES string of the molecule is CC1CC(=O)C(=C(O)/C=C/c2ccc(N(C)C)cc2)C(=O)O1. The fraction of sp³-hybridized carbons (Fsp3) is 0.294. The predicted molar refractivity (Wildman–Crippen MR) is 84.6 cm³/mol. The molecule has 1 atom stereocenters. The number of ketones is 1. The Labute approximate surface area is 129 Å². The number of aliphatic hydroxyl groups excluding tert-OH is 1. The van der Waals surface area contributed by atoms with E-state index in [0.717, 1.165) is 11.3 Å². The van der Waals surface area contributed by atoms with E-state index in [-0.39, 0.29) is 17.8 Å². The Kier molecular flexibility index (Phi) is 4.65. The molecule has 0 saturated carbocycles. The number of hydrogen-bond acceptors (Lipinski definition) is 5. The first-order chi connectivity index (χ1) is 10.4. The van der Waals surface area contributed by atoms with Crippen LogP contribution in [0, 0.1) is 0 Å². The second-order valence-electron chi connectivity index (χ2n) is 5.42. The van der Waals surface area contributed by atoms with Crippen LogP contribution in [-0.2, 0) is 14.3 Å². The van der Waals surface area contributed by atoms with Gasteiger partial charge in [-0.3, -0.25) is 4.79 Å². The van der Waals surface area contributed by atoms with E-state index in [2.05, 4.69) is 0 Å². The summed E-state index contributed by atoms with van der Waals surface area (Å²) in [5.41, 5.74) is 1.63. The summed E-state index contributed by atoms with van der Waals surface area (Å²) in [5.74, 6) is -1.53. The maximum atomic E-state index is 11.8. The van der Waals surface area contributed by atoms with Crippen molar-refractivity contribution >= 4 is 23.5 Å². The van der Waals surface area contributed by atoms with Gasteiger partial charge in [-0.1, -0.05) is 18.2 Å². The normalized spacial score (nSPS) is 21.0. The molecule has 0 bridgehead atoms. The van der Waals surface area contributed by atoms with Gasteiger partial charge in [-0.2, -0.15) is 0 Å². The lowest BCUT2D eigenvalue weighted by Crippen LogP contribution is -2.31. The molecule has 0 aromatic heterocycles. The molecule has 1 unspecified atom stereocenters. The minimum Gasteiger partial charge on any atom is -0.507 e. The zero-order chi connectivity index (χ0) is 16.3. The van der Waals surface area contributed by atoms with E-state index in [1.165, 1.54) is 6.08 Å². The Morgan fingerprint density at radius 2 is 1.91 bits per heavy atom. The van der Waals surface area contributed by atoms with E-state index < -0.39 is 17.9 Å². The first-order valence-electron chi connectivity index (χ1n) is 7.01. The first kappa shape index (κ1) is 15.8. The Morgan fingerprint density at radius 3 is 2.45 bits per heavy atom. The van der Waals surface area contributed by atoms with Gasteiger partial charge in [0.1, 0.15) is 17.4 Å². The predicted octanol–water partition coefficient (Wildman–Crippen LogP) is 2.48. The summed E-state index contributed by atoms with van der Waals surface area (Å²) in [6.45, 7) is 1.64. The lowest BCUT2D eigenvalue weighted by atomic mass is 10.0. The maximum Gasteiger partial charge on any atom is 0.345 e. The van der Waals surface area contributed by atoms with Gasteiger partial charge >= 0.3 is 5.97 Å². The fourth-order valence-corrected chi connectivity index (χ4v) is 2.15. The van der Waals surface area contributed by atoms with E-state index in [1.807, 2.05) is 43.3 Å². The molecule has 1 heterocycles. The molecule has 5 nitrogen and oxygen atoms in total. The number of esters is 1. The van der Waals surface area contributed by atoms with Crippen LogP contribution in [0.4, 0.5) is 5.69 Å². The van der Waals surface area contributed by atoms with Gasteiger partial charge < -0.3 is 14.7 Å². The van der Waals surface area contributed by atoms with Crippen LogP contribution >= 0.6 is 0 Å². The highest BCUT2D eigenvalue weighted by molar-refractivity contribution is 6.19. The number of benzene rings is 1. The number of nitrogens with zero attached hydrogens (tertiary/aromatic N) is 1. The Balaban J connectivity index is 2.19. The molecular formula is C17H19NO4. The number of ether oxygens (including phenoxy) is 1. The summed E-state index contributed by atoms with van der Waals surface area (Å²) in [6, 6.07) is 7.64. The molecule has 1 aromatic carbocycles. The third-order valence-corrected chi connectivity index (χ3v) is 3.36. The third kappa shape index (κ3) is 3.55. The summed E-state index contributed by atoms with van der Waals surface area (Å²) in [4.78, 5) is 25.5. The molecule has 1 saturated heterocycles. The smallest absolute Gasteiger partial charge is 0.345 e. The van der Waals surface area contributed by atoms with Crippen molar-refractivity contribution in [2.75, 3.05) is 19.0 Å². The van der Waals surface area contributed by atoms with Crippen molar-refractivity contribution in [2.45, 2.75) is 19.4 Å². The maximum absolute atomic E-state index is 11.8. The van der Waals surface area contributed by atoms with Gasteiger partial charge in [-0.05, 0) is 30.7 Å². The topological polar surface area (TPSA) is 66.8 Å². The van der Waals surface area contributed by atoms with Crippen LogP contribution in [0.15, 0.2) is 41.7 Å². The van der Waals surface area contributed by atoms with Gasteiger partial charge in [-0.15, -0.1) is 0 Å². The number of aliphatic hydroxyl groups is 1. The van der Waals surface area contributed by atoms with Crippen molar-refractivity contribution in [3.63, 3.8) is 0 Å². The molecule has 1 N–H and O–H groups in total. The summed E-state index contributed by atoms with van der Waals surface area (Å²) in [7, 11) is 3.89. The largest absolute Gasteiger partial charge is 0.507 e. The van der Waals surface area contributed by atoms with Crippen molar-refractivity contribution in [1.82, 2.24) is 0 Å². The molecule has 0 aliphatic carbocycles. The van der Waals surface area contributed by atoms with Gasteiger partial charge in [0.05, 0.1) is 0 Å². The van der Waals surface area contributed by atoms with Crippen molar-refractivity contribution in [2.24, 2.45) is 0 Å². The second kappa shape index (κ2) is 6.47. The zero-order valence-corrected chi connectivity index (χ0v) is 12.9. The highest BCUT2D eigenvalue weighted by Gasteiger charge is 2.32. The van der Waals surface area contributed by atoms with E-state index >= 15 is 0 Å². The summed E-state index contributed by atoms with van der Waals surface area (Å²) in [6.07, 6.45) is 2.63. The van der Waals surface area contributed by atoms with Gasteiger partial charge in [0, 0.05) is 26.2 Å². The number of anilines is 1. The third-order valence-electron chi connectivity index (χ3n) is 3.36. The van der Waals surface area contributed by atoms with E-state index in [9.17, 15) is 14.7 Å². The Bertz CT molecular complexity index is 621. The van der Waals surface area contributed by atoms with E-state index in [4.69, 9.17) is 4.74 Å². The summed E-state index contributed by atoms with van der Waals surface area (Å²) < 4.78 is 4.97. The highest BCUT2D eigenvalue weighted by atomic mass is 16.5. The Morgan fingerprint density at radius 1 is 1.27 bits per heavy atom. The van der Waals surface area contributed by atoms with Crippen molar-refractivity contribution in [3.8, 4) is 0 Å². The molecule has 5 heteroatoms. The molecule has 1 aliphatic rings. The van der Waals surface area contributed by atoms with Gasteiger partial charge in [0.15, 0.2) is 5.78 Å². The lowest BCUT2D eigenvalue weighted by Gasteiger charge is -2.19. The monoisotopic (exact) mass is 301 g/mol. The average molecular weight is 301 g/mol. The zero-order valence-electron chi connectivity index (χ0n) is 12.9. The molecule has 116 valence electrons. The summed E-state index contributed by atoms with van der Waals surface area (Å²) >= 11 is 0. The lowest BCUT2D eigenvalue weighted by molar-refractivity contribution is -0.150. The molecule has 1 fully saturated rings. The van der Waals surface area contributed by atoms with Crippen LogP contribution in [0.2, 0.25) is 0 Å².